The molecule has 1 aliphatic heterocycles. The Bertz CT molecular complexity index is 1800. The normalized spacial score (nSPS) is 14.7. The van der Waals surface area contributed by atoms with E-state index in [1.807, 2.05) is 4.90 Å². The second kappa shape index (κ2) is 12.3. The molecule has 0 bridgehead atoms. The fourth-order valence-corrected chi connectivity index (χ4v) is 5.24. The van der Waals surface area contributed by atoms with Crippen molar-refractivity contribution in [3.63, 3.8) is 0 Å². The third kappa shape index (κ3) is 7.04. The maximum atomic E-state index is 13.9. The van der Waals surface area contributed by atoms with Crippen LogP contribution in [0.4, 0.5) is 30.7 Å². The highest BCUT2D eigenvalue weighted by atomic mass is 32.2. The van der Waals surface area contributed by atoms with Gasteiger partial charge in [-0.1, -0.05) is 12.1 Å². The Hall–Kier alpha value is -4.24. The number of likely N-dealkylation sites (tertiary alicyclic amines) is 1. The summed E-state index contributed by atoms with van der Waals surface area (Å²) in [4.78, 5) is 20.1. The Morgan fingerprint density at radius 2 is 1.56 bits per heavy atom. The van der Waals surface area contributed by atoms with Gasteiger partial charge >= 0.3 is 21.8 Å². The van der Waals surface area contributed by atoms with E-state index in [4.69, 9.17) is 4.74 Å². The number of fused-ring (bicyclic) bond motifs is 1. The third-order valence-electron chi connectivity index (χ3n) is 7.03. The van der Waals surface area contributed by atoms with Crippen LogP contribution in [0.3, 0.4) is 0 Å². The summed E-state index contributed by atoms with van der Waals surface area (Å²) in [5.74, 6) is -0.841. The zero-order valence-corrected chi connectivity index (χ0v) is 23.8. The van der Waals surface area contributed by atoms with Crippen LogP contribution in [0.5, 0.6) is 11.5 Å². The molecule has 4 aromatic rings. The van der Waals surface area contributed by atoms with Gasteiger partial charge in [-0.3, -0.25) is 19.1 Å². The summed E-state index contributed by atoms with van der Waals surface area (Å²) in [5.41, 5.74) is -6.28. The lowest BCUT2D eigenvalue weighted by Crippen LogP contribution is -2.53. The van der Waals surface area contributed by atoms with E-state index < -0.39 is 45.6 Å². The first-order valence-corrected chi connectivity index (χ1v) is 14.8. The molecular formula is C30H23F7N2O5S. The van der Waals surface area contributed by atoms with Gasteiger partial charge in [0.1, 0.15) is 17.6 Å². The predicted octanol–water partition coefficient (Wildman–Crippen LogP) is 6.80. The second-order valence-corrected chi connectivity index (χ2v) is 11.7. The summed E-state index contributed by atoms with van der Waals surface area (Å²) in [5, 5.41) is 0.0809. The van der Waals surface area contributed by atoms with Crippen molar-refractivity contribution in [2.24, 2.45) is 0 Å². The maximum Gasteiger partial charge on any atom is 0.534 e. The van der Waals surface area contributed by atoms with Gasteiger partial charge in [0.05, 0.1) is 17.8 Å². The molecule has 45 heavy (non-hydrogen) atoms. The number of hydrogen-bond donors (Lipinski definition) is 0. The van der Waals surface area contributed by atoms with E-state index >= 15 is 0 Å². The predicted molar refractivity (Wildman–Crippen MR) is 149 cm³/mol. The minimum atomic E-state index is -5.99. The Kier molecular flexibility index (Phi) is 8.77. The van der Waals surface area contributed by atoms with Crippen molar-refractivity contribution < 1.29 is 52.9 Å². The Balaban J connectivity index is 1.49. The monoisotopic (exact) mass is 656 g/mol. The molecule has 15 heteroatoms. The summed E-state index contributed by atoms with van der Waals surface area (Å²) in [6.07, 6.45) is -3.13. The molecule has 0 N–H and O–H groups in total. The topological polar surface area (TPSA) is 85.8 Å². The third-order valence-corrected chi connectivity index (χ3v) is 8.01. The number of pyridine rings is 1. The number of benzene rings is 3. The highest BCUT2D eigenvalue weighted by Gasteiger charge is 2.48. The first-order chi connectivity index (χ1) is 21.2. The van der Waals surface area contributed by atoms with E-state index in [-0.39, 0.29) is 39.3 Å². The molecule has 1 aromatic heterocycles. The number of hydrogen-bond acceptors (Lipinski definition) is 7. The minimum absolute atomic E-state index is 0.0406. The van der Waals surface area contributed by atoms with E-state index in [0.29, 0.717) is 31.8 Å². The van der Waals surface area contributed by atoms with Crippen molar-refractivity contribution in [2.75, 3.05) is 26.3 Å². The number of ketones is 1. The molecule has 0 unspecified atom stereocenters. The molecule has 2 heterocycles. The molecule has 0 amide bonds. The Labute approximate surface area is 252 Å². The van der Waals surface area contributed by atoms with E-state index in [0.717, 1.165) is 48.7 Å². The molecule has 0 atom stereocenters. The SMILES string of the molecule is O=C(c1ccc(OC2CN(CCCF)C2)cc1)c1c(-c2ccc(C(F)(F)F)cc2)cnc2cc(OS(=O)(=O)C(F)(F)F)ccc12. The van der Waals surface area contributed by atoms with Gasteiger partial charge in [0.2, 0.25) is 0 Å². The van der Waals surface area contributed by atoms with Crippen molar-refractivity contribution in [3.8, 4) is 22.6 Å². The van der Waals surface area contributed by atoms with Gasteiger partial charge in [0.15, 0.2) is 5.78 Å². The van der Waals surface area contributed by atoms with Gasteiger partial charge in [-0.05, 0) is 60.5 Å². The number of rotatable bonds is 10. The summed E-state index contributed by atoms with van der Waals surface area (Å²) < 4.78 is 124. The second-order valence-electron chi connectivity index (χ2n) is 10.2. The summed E-state index contributed by atoms with van der Waals surface area (Å²) in [6, 6.07) is 13.0. The van der Waals surface area contributed by atoms with Gasteiger partial charge < -0.3 is 8.92 Å². The highest BCUT2D eigenvalue weighted by molar-refractivity contribution is 7.88. The summed E-state index contributed by atoms with van der Waals surface area (Å²) >= 11 is 0. The standard InChI is InChI=1S/C30H23F7N2O5S/c31-12-1-13-39-16-23(17-39)43-21-8-4-19(5-9-21)28(40)27-24-11-10-22(44-45(41,42)30(35,36)37)14-26(24)38-15-25(27)18-2-6-20(7-3-18)29(32,33)34/h2-11,14-15,23H,1,12-13,16-17H2. The largest absolute Gasteiger partial charge is 0.534 e. The van der Waals surface area contributed by atoms with Gasteiger partial charge in [-0.15, -0.1) is 0 Å². The molecule has 0 saturated carbocycles. The van der Waals surface area contributed by atoms with Crippen LogP contribution in [0.25, 0.3) is 22.0 Å². The molecule has 0 aliphatic carbocycles. The van der Waals surface area contributed by atoms with Gasteiger partial charge in [-0.25, -0.2) is 0 Å². The number of carbonyl (C=O) groups excluding carboxylic acids is 1. The molecule has 5 rings (SSSR count). The Morgan fingerprint density at radius 1 is 0.911 bits per heavy atom. The van der Waals surface area contributed by atoms with Crippen LogP contribution in [-0.2, 0) is 16.3 Å². The lowest BCUT2D eigenvalue weighted by Gasteiger charge is -2.38. The quantitative estimate of drug-likeness (QED) is 0.0804. The van der Waals surface area contributed by atoms with Crippen LogP contribution in [0.1, 0.15) is 27.9 Å². The number of halogens is 7. The van der Waals surface area contributed by atoms with Crippen LogP contribution < -0.4 is 8.92 Å². The van der Waals surface area contributed by atoms with Crippen molar-refractivity contribution in [2.45, 2.75) is 24.2 Å². The first kappa shape index (κ1) is 32.2. The lowest BCUT2D eigenvalue weighted by molar-refractivity contribution is -0.137. The van der Waals surface area contributed by atoms with Crippen LogP contribution in [0.2, 0.25) is 0 Å². The van der Waals surface area contributed by atoms with Crippen molar-refractivity contribution in [1.82, 2.24) is 9.88 Å². The molecule has 0 radical (unpaired) electrons. The molecule has 0 spiro atoms. The van der Waals surface area contributed by atoms with E-state index in [1.165, 1.54) is 12.1 Å². The van der Waals surface area contributed by atoms with Crippen molar-refractivity contribution in [1.29, 1.82) is 0 Å². The number of ether oxygens (including phenoxy) is 1. The van der Waals surface area contributed by atoms with Gasteiger partial charge in [0.25, 0.3) is 0 Å². The number of nitrogens with zero attached hydrogens (tertiary/aromatic N) is 2. The molecule has 1 saturated heterocycles. The summed E-state index contributed by atoms with van der Waals surface area (Å²) in [7, 11) is -5.99. The smallest absolute Gasteiger partial charge is 0.488 e. The average molecular weight is 657 g/mol. The first-order valence-electron chi connectivity index (χ1n) is 13.4. The van der Waals surface area contributed by atoms with Crippen LogP contribution in [0.15, 0.2) is 72.9 Å². The molecule has 7 nitrogen and oxygen atoms in total. The fourth-order valence-electron chi connectivity index (χ4n) is 4.79. The van der Waals surface area contributed by atoms with E-state index in [9.17, 15) is 43.9 Å². The van der Waals surface area contributed by atoms with Gasteiger partial charge in [0, 0.05) is 54.0 Å². The number of alkyl halides is 7. The maximum absolute atomic E-state index is 13.9. The Morgan fingerprint density at radius 3 is 2.16 bits per heavy atom. The zero-order valence-electron chi connectivity index (χ0n) is 23.0. The molecular weight excluding hydrogens is 633 g/mol. The average Bonchev–Trinajstić information content (AvgIpc) is 2.96. The van der Waals surface area contributed by atoms with E-state index in [2.05, 4.69) is 9.17 Å². The summed E-state index contributed by atoms with van der Waals surface area (Å²) in [6.45, 7) is 1.46. The van der Waals surface area contributed by atoms with Crippen molar-refractivity contribution >= 4 is 26.8 Å². The van der Waals surface area contributed by atoms with Crippen molar-refractivity contribution in [3.05, 3.63) is 89.6 Å². The highest BCUT2D eigenvalue weighted by Crippen LogP contribution is 2.36. The molecule has 238 valence electrons. The lowest BCUT2D eigenvalue weighted by atomic mass is 9.91. The van der Waals surface area contributed by atoms with Crippen LogP contribution in [0, 0.1) is 0 Å². The van der Waals surface area contributed by atoms with Crippen LogP contribution in [-0.4, -0.2) is 62.0 Å². The number of aromatic nitrogens is 1. The molecule has 3 aromatic carbocycles. The van der Waals surface area contributed by atoms with Gasteiger partial charge in [-0.2, -0.15) is 34.8 Å². The molecule has 1 aliphatic rings. The minimum Gasteiger partial charge on any atom is -0.488 e. The van der Waals surface area contributed by atoms with Crippen LogP contribution >= 0.6 is 0 Å². The number of carbonyl (C=O) groups is 1. The fraction of sp³-hybridized carbons (Fsp3) is 0.267. The van der Waals surface area contributed by atoms with E-state index in [1.54, 1.807) is 12.1 Å². The molecule has 1 fully saturated rings. The zero-order chi connectivity index (χ0) is 32.6.